The maximum absolute atomic E-state index is 14.0. The molecule has 214 valence electrons. The predicted octanol–water partition coefficient (Wildman–Crippen LogP) is 5.22. The van der Waals surface area contributed by atoms with Gasteiger partial charge in [-0.05, 0) is 67.3 Å². The Labute approximate surface area is 244 Å². The first-order chi connectivity index (χ1) is 18.9. The molecule has 1 N–H and O–H groups in total. The number of aryl methyl sites for hydroxylation is 1. The normalized spacial score (nSPS) is 12.8. The van der Waals surface area contributed by atoms with Gasteiger partial charge in [0.25, 0.3) is 0 Å². The molecule has 0 heterocycles. The van der Waals surface area contributed by atoms with Gasteiger partial charge in [-0.2, -0.15) is 0 Å². The lowest BCUT2D eigenvalue weighted by Gasteiger charge is -2.34. The number of halogens is 2. The highest BCUT2D eigenvalue weighted by Crippen LogP contribution is 2.25. The summed E-state index contributed by atoms with van der Waals surface area (Å²) in [4.78, 5) is 29.1. The van der Waals surface area contributed by atoms with Gasteiger partial charge in [0.05, 0.1) is 11.9 Å². The van der Waals surface area contributed by atoms with E-state index in [1.54, 1.807) is 30.3 Å². The van der Waals surface area contributed by atoms with E-state index in [0.717, 1.165) is 26.2 Å². The first-order valence-corrected chi connectivity index (χ1v) is 15.6. The molecule has 2 amide bonds. The van der Waals surface area contributed by atoms with E-state index < -0.39 is 34.3 Å². The lowest BCUT2D eigenvalue weighted by atomic mass is 10.0. The molecule has 0 aliphatic heterocycles. The molecule has 0 aliphatic rings. The fourth-order valence-electron chi connectivity index (χ4n) is 4.18. The van der Waals surface area contributed by atoms with Crippen LogP contribution in [0, 0.1) is 12.7 Å². The van der Waals surface area contributed by atoms with Crippen molar-refractivity contribution in [2.24, 2.45) is 0 Å². The summed E-state index contributed by atoms with van der Waals surface area (Å²) in [6, 6.07) is 18.9. The first-order valence-electron chi connectivity index (χ1n) is 13.0. The van der Waals surface area contributed by atoms with E-state index in [-0.39, 0.29) is 24.9 Å². The summed E-state index contributed by atoms with van der Waals surface area (Å²) in [7, 11) is -3.86. The van der Waals surface area contributed by atoms with Crippen molar-refractivity contribution in [2.75, 3.05) is 17.1 Å². The molecule has 0 bridgehead atoms. The number of hydrogen-bond donors (Lipinski definition) is 1. The number of amides is 2. The Bertz CT molecular complexity index is 1420. The van der Waals surface area contributed by atoms with Crippen LogP contribution in [0.5, 0.6) is 0 Å². The van der Waals surface area contributed by atoms with Gasteiger partial charge in [-0.15, -0.1) is 0 Å². The van der Waals surface area contributed by atoms with Crippen LogP contribution in [-0.2, 0) is 32.6 Å². The maximum atomic E-state index is 14.0. The van der Waals surface area contributed by atoms with Gasteiger partial charge in [0.15, 0.2) is 0 Å². The molecule has 0 saturated heterocycles. The maximum Gasteiger partial charge on any atom is 0.244 e. The third-order valence-corrected chi connectivity index (χ3v) is 8.68. The predicted molar refractivity (Wildman–Crippen MR) is 160 cm³/mol. The van der Waals surface area contributed by atoms with Crippen LogP contribution < -0.4 is 9.62 Å². The van der Waals surface area contributed by atoms with Crippen LogP contribution in [0.2, 0.25) is 0 Å². The molecular formula is C30H35BrFN3O4S. The molecule has 3 aromatic rings. The molecule has 0 aromatic heterocycles. The van der Waals surface area contributed by atoms with Crippen LogP contribution in [0.1, 0.15) is 37.0 Å². The second kappa shape index (κ2) is 13.9. The van der Waals surface area contributed by atoms with Gasteiger partial charge >= 0.3 is 0 Å². The number of carbonyl (C=O) groups is 2. The highest BCUT2D eigenvalue weighted by atomic mass is 79.9. The number of hydrogen-bond acceptors (Lipinski definition) is 4. The van der Waals surface area contributed by atoms with Crippen molar-refractivity contribution in [1.29, 1.82) is 0 Å². The number of nitrogens with one attached hydrogen (secondary N) is 1. The summed E-state index contributed by atoms with van der Waals surface area (Å²) in [6.45, 7) is 5.13. The molecule has 0 radical (unpaired) electrons. The van der Waals surface area contributed by atoms with E-state index in [1.807, 2.05) is 51.1 Å². The Morgan fingerprint density at radius 1 is 1.00 bits per heavy atom. The van der Waals surface area contributed by atoms with E-state index >= 15 is 0 Å². The third-order valence-electron chi connectivity index (χ3n) is 6.65. The quantitative estimate of drug-likeness (QED) is 0.297. The Kier molecular flexibility index (Phi) is 10.9. The van der Waals surface area contributed by atoms with Gasteiger partial charge < -0.3 is 10.2 Å². The zero-order chi connectivity index (χ0) is 29.4. The van der Waals surface area contributed by atoms with E-state index in [1.165, 1.54) is 17.0 Å². The van der Waals surface area contributed by atoms with Crippen LogP contribution in [0.25, 0.3) is 0 Å². The SMILES string of the molecule is CC[C@H](C)NC(=O)[C@H](Cc1ccccc1)N(Cc1ccc(F)cc1)C(=O)CN(c1ccc(Br)c(C)c1)S(C)(=O)=O. The van der Waals surface area contributed by atoms with Crippen molar-refractivity contribution >= 4 is 43.5 Å². The molecule has 40 heavy (non-hydrogen) atoms. The standard InChI is InChI=1S/C30H35BrFN3O4S/c1-5-22(3)33-30(37)28(18-23-9-7-6-8-10-23)34(19-24-11-13-25(32)14-12-24)29(36)20-35(40(4,38)39)26-15-16-27(31)21(2)17-26/h6-17,22,28H,5,18-20H2,1-4H3,(H,33,37)/t22-,28-/m0/s1. The largest absolute Gasteiger partial charge is 0.352 e. The van der Waals surface area contributed by atoms with Crippen LogP contribution in [-0.4, -0.2) is 50.0 Å². The Hall–Kier alpha value is -3.24. The van der Waals surface area contributed by atoms with Crippen LogP contribution in [0.3, 0.4) is 0 Å². The van der Waals surface area contributed by atoms with E-state index in [0.29, 0.717) is 17.7 Å². The number of carbonyl (C=O) groups excluding carboxylic acids is 2. The molecule has 2 atom stereocenters. The molecule has 10 heteroatoms. The highest BCUT2D eigenvalue weighted by Gasteiger charge is 2.33. The molecule has 0 fully saturated rings. The second-order valence-corrected chi connectivity index (χ2v) is 12.6. The van der Waals surface area contributed by atoms with Gasteiger partial charge in [0.2, 0.25) is 21.8 Å². The van der Waals surface area contributed by atoms with E-state index in [4.69, 9.17) is 0 Å². The molecule has 0 aliphatic carbocycles. The first kappa shape index (κ1) is 31.3. The van der Waals surface area contributed by atoms with Gasteiger partial charge in [0.1, 0.15) is 18.4 Å². The Morgan fingerprint density at radius 3 is 2.23 bits per heavy atom. The number of rotatable bonds is 12. The zero-order valence-corrected chi connectivity index (χ0v) is 25.5. The van der Waals surface area contributed by atoms with Crippen LogP contribution in [0.4, 0.5) is 10.1 Å². The number of benzene rings is 3. The molecule has 0 unspecified atom stereocenters. The molecule has 3 aromatic carbocycles. The minimum absolute atomic E-state index is 0.0124. The minimum Gasteiger partial charge on any atom is -0.352 e. The van der Waals surface area contributed by atoms with Gasteiger partial charge in [-0.3, -0.25) is 13.9 Å². The average molecular weight is 633 g/mol. The van der Waals surface area contributed by atoms with Gasteiger partial charge in [0, 0.05) is 23.5 Å². The number of sulfonamides is 1. The zero-order valence-electron chi connectivity index (χ0n) is 23.1. The Balaban J connectivity index is 2.06. The van der Waals surface area contributed by atoms with Crippen molar-refractivity contribution < 1.29 is 22.4 Å². The van der Waals surface area contributed by atoms with Crippen LogP contribution >= 0.6 is 15.9 Å². The lowest BCUT2D eigenvalue weighted by Crippen LogP contribution is -2.54. The smallest absolute Gasteiger partial charge is 0.244 e. The van der Waals surface area contributed by atoms with Crippen LogP contribution in [0.15, 0.2) is 77.3 Å². The van der Waals surface area contributed by atoms with E-state index in [9.17, 15) is 22.4 Å². The van der Waals surface area contributed by atoms with Crippen molar-refractivity contribution in [2.45, 2.75) is 52.2 Å². The monoisotopic (exact) mass is 631 g/mol. The summed E-state index contributed by atoms with van der Waals surface area (Å²) < 4.78 is 41.3. The number of anilines is 1. The summed E-state index contributed by atoms with van der Waals surface area (Å²) in [6.07, 6.45) is 1.95. The summed E-state index contributed by atoms with van der Waals surface area (Å²) in [5.41, 5.74) is 2.58. The van der Waals surface area contributed by atoms with Gasteiger partial charge in [-0.25, -0.2) is 12.8 Å². The Morgan fingerprint density at radius 2 is 1.65 bits per heavy atom. The van der Waals surface area contributed by atoms with Crippen molar-refractivity contribution in [3.8, 4) is 0 Å². The average Bonchev–Trinajstić information content (AvgIpc) is 2.91. The fraction of sp³-hybridized carbons (Fsp3) is 0.333. The fourth-order valence-corrected chi connectivity index (χ4v) is 5.27. The minimum atomic E-state index is -3.86. The molecule has 3 rings (SSSR count). The summed E-state index contributed by atoms with van der Waals surface area (Å²) >= 11 is 3.42. The highest BCUT2D eigenvalue weighted by molar-refractivity contribution is 9.10. The second-order valence-electron chi connectivity index (χ2n) is 9.87. The van der Waals surface area contributed by atoms with E-state index in [2.05, 4.69) is 21.2 Å². The van der Waals surface area contributed by atoms with Gasteiger partial charge in [-0.1, -0.05) is 65.3 Å². The molecule has 7 nitrogen and oxygen atoms in total. The molecule has 0 spiro atoms. The number of nitrogens with zero attached hydrogens (tertiary/aromatic N) is 2. The summed E-state index contributed by atoms with van der Waals surface area (Å²) in [5, 5.41) is 2.98. The molecule has 0 saturated carbocycles. The van der Waals surface area contributed by atoms with Crippen molar-refractivity contribution in [3.05, 3.63) is 99.8 Å². The lowest BCUT2D eigenvalue weighted by molar-refractivity contribution is -0.140. The molecular weight excluding hydrogens is 597 g/mol. The topological polar surface area (TPSA) is 86.8 Å². The third kappa shape index (κ3) is 8.63. The van der Waals surface area contributed by atoms with Crippen molar-refractivity contribution in [1.82, 2.24) is 10.2 Å². The van der Waals surface area contributed by atoms with Crippen molar-refractivity contribution in [3.63, 3.8) is 0 Å². The summed E-state index contributed by atoms with van der Waals surface area (Å²) in [5.74, 6) is -1.33.